The molecule has 0 unspecified atom stereocenters. The molecule has 2 aromatic heterocycles. The van der Waals surface area contributed by atoms with Gasteiger partial charge in [-0.2, -0.15) is 5.10 Å². The van der Waals surface area contributed by atoms with E-state index in [1.54, 1.807) is 0 Å². The van der Waals surface area contributed by atoms with E-state index in [0.717, 1.165) is 28.0 Å². The summed E-state index contributed by atoms with van der Waals surface area (Å²) in [7, 11) is 0. The van der Waals surface area contributed by atoms with Crippen LogP contribution in [0.25, 0.3) is 10.9 Å². The molecule has 0 aliphatic rings. The van der Waals surface area contributed by atoms with Gasteiger partial charge in [0.1, 0.15) is 5.76 Å². The van der Waals surface area contributed by atoms with E-state index in [1.807, 2.05) is 31.3 Å². The molecule has 0 fully saturated rings. The molecule has 2 heterocycles. The third-order valence-corrected chi connectivity index (χ3v) is 2.65. The van der Waals surface area contributed by atoms with Gasteiger partial charge in [-0.3, -0.25) is 5.10 Å². The fourth-order valence-electron chi connectivity index (χ4n) is 1.81. The largest absolute Gasteiger partial charge is 0.363 e. The molecule has 0 aliphatic heterocycles. The molecule has 0 radical (unpaired) electrons. The van der Waals surface area contributed by atoms with E-state index < -0.39 is 0 Å². The van der Waals surface area contributed by atoms with Crippen LogP contribution in [-0.2, 0) is 6.54 Å². The van der Waals surface area contributed by atoms with Gasteiger partial charge in [0.2, 0.25) is 0 Å². The Kier molecular flexibility index (Phi) is 2.29. The number of nitrogens with one attached hydrogen (secondary N) is 2. The van der Waals surface area contributed by atoms with Gasteiger partial charge in [0.05, 0.1) is 11.7 Å². The maximum absolute atomic E-state index is 4.99. The van der Waals surface area contributed by atoms with Crippen molar-refractivity contribution in [2.75, 3.05) is 5.32 Å². The van der Waals surface area contributed by atoms with Crippen LogP contribution in [0.4, 0.5) is 5.82 Å². The average molecular weight is 228 g/mol. The van der Waals surface area contributed by atoms with Crippen LogP contribution in [0.15, 0.2) is 35.0 Å². The van der Waals surface area contributed by atoms with Crippen LogP contribution in [0.5, 0.6) is 0 Å². The standard InChI is InChI=1S/C12H12N4O/c1-8-5-11(16-17-8)13-6-9-3-2-4-10-7-14-15-12(9)10/h2-5,7H,6H2,1H3,(H,13,16)(H,14,15). The lowest BCUT2D eigenvalue weighted by Gasteiger charge is -2.03. The molecule has 0 atom stereocenters. The van der Waals surface area contributed by atoms with Crippen LogP contribution in [0.2, 0.25) is 0 Å². The Balaban J connectivity index is 1.83. The van der Waals surface area contributed by atoms with Gasteiger partial charge < -0.3 is 9.84 Å². The summed E-state index contributed by atoms with van der Waals surface area (Å²) in [5.41, 5.74) is 2.21. The molecule has 0 aliphatic carbocycles. The summed E-state index contributed by atoms with van der Waals surface area (Å²) in [6.07, 6.45) is 1.82. The van der Waals surface area contributed by atoms with Gasteiger partial charge in [-0.15, -0.1) is 0 Å². The third kappa shape index (κ3) is 1.87. The molecular weight excluding hydrogens is 216 g/mol. The Morgan fingerprint density at radius 3 is 3.18 bits per heavy atom. The van der Waals surface area contributed by atoms with Crippen molar-refractivity contribution in [1.29, 1.82) is 0 Å². The van der Waals surface area contributed by atoms with Crippen molar-refractivity contribution >= 4 is 16.7 Å². The third-order valence-electron chi connectivity index (χ3n) is 2.65. The summed E-state index contributed by atoms with van der Waals surface area (Å²) in [5.74, 6) is 1.55. The molecule has 5 nitrogen and oxygen atoms in total. The van der Waals surface area contributed by atoms with Crippen molar-refractivity contribution in [2.45, 2.75) is 13.5 Å². The zero-order valence-electron chi connectivity index (χ0n) is 9.40. The molecule has 0 amide bonds. The first-order valence-electron chi connectivity index (χ1n) is 5.41. The predicted octanol–water partition coefficient (Wildman–Crippen LogP) is 2.47. The zero-order valence-corrected chi connectivity index (χ0v) is 9.40. The molecule has 1 aromatic carbocycles. The van der Waals surface area contributed by atoms with E-state index in [4.69, 9.17) is 4.52 Å². The van der Waals surface area contributed by atoms with Crippen molar-refractivity contribution in [3.8, 4) is 0 Å². The lowest BCUT2D eigenvalue weighted by molar-refractivity contribution is 0.399. The van der Waals surface area contributed by atoms with Gasteiger partial charge in [0, 0.05) is 18.0 Å². The molecule has 0 bridgehead atoms. The van der Waals surface area contributed by atoms with Crippen LogP contribution in [0, 0.1) is 6.92 Å². The average Bonchev–Trinajstić information content (AvgIpc) is 2.94. The first-order valence-corrected chi connectivity index (χ1v) is 5.41. The molecule has 17 heavy (non-hydrogen) atoms. The molecule has 86 valence electrons. The molecule has 3 rings (SSSR count). The summed E-state index contributed by atoms with van der Waals surface area (Å²) in [5, 5.41) is 15.2. The van der Waals surface area contributed by atoms with Crippen molar-refractivity contribution in [1.82, 2.24) is 15.4 Å². The summed E-state index contributed by atoms with van der Waals surface area (Å²) in [4.78, 5) is 0. The van der Waals surface area contributed by atoms with Gasteiger partial charge in [0.15, 0.2) is 5.82 Å². The van der Waals surface area contributed by atoms with E-state index >= 15 is 0 Å². The molecule has 0 saturated heterocycles. The Morgan fingerprint density at radius 2 is 2.35 bits per heavy atom. The van der Waals surface area contributed by atoms with Crippen LogP contribution >= 0.6 is 0 Å². The number of hydrogen-bond donors (Lipinski definition) is 2. The maximum atomic E-state index is 4.99. The van der Waals surface area contributed by atoms with Crippen molar-refractivity contribution in [3.63, 3.8) is 0 Å². The van der Waals surface area contributed by atoms with E-state index in [-0.39, 0.29) is 0 Å². The number of hydrogen-bond acceptors (Lipinski definition) is 4. The Bertz CT molecular complexity index is 641. The SMILES string of the molecule is Cc1cc(NCc2cccc3cn[nH]c23)no1. The first kappa shape index (κ1) is 9.89. The minimum atomic E-state index is 0.686. The molecule has 3 aromatic rings. The van der Waals surface area contributed by atoms with Gasteiger partial charge in [-0.1, -0.05) is 23.4 Å². The number of benzene rings is 1. The normalized spacial score (nSPS) is 10.9. The van der Waals surface area contributed by atoms with E-state index in [2.05, 4.69) is 26.7 Å². The Morgan fingerprint density at radius 1 is 1.41 bits per heavy atom. The number of para-hydroxylation sites is 1. The lowest BCUT2D eigenvalue weighted by atomic mass is 10.1. The topological polar surface area (TPSA) is 66.7 Å². The summed E-state index contributed by atoms with van der Waals surface area (Å²) in [6, 6.07) is 7.97. The highest BCUT2D eigenvalue weighted by Crippen LogP contribution is 2.17. The van der Waals surface area contributed by atoms with Crippen molar-refractivity contribution < 1.29 is 4.52 Å². The van der Waals surface area contributed by atoms with Gasteiger partial charge in [-0.25, -0.2) is 0 Å². The fourth-order valence-corrected chi connectivity index (χ4v) is 1.81. The summed E-state index contributed by atoms with van der Waals surface area (Å²) < 4.78 is 4.99. The van der Waals surface area contributed by atoms with E-state index in [1.165, 1.54) is 0 Å². The molecule has 2 N–H and O–H groups in total. The monoisotopic (exact) mass is 228 g/mol. The van der Waals surface area contributed by atoms with Crippen LogP contribution in [-0.4, -0.2) is 15.4 Å². The first-order chi connectivity index (χ1) is 8.33. The zero-order chi connectivity index (χ0) is 11.7. The van der Waals surface area contributed by atoms with Gasteiger partial charge in [0.25, 0.3) is 0 Å². The molecule has 0 saturated carbocycles. The second-order valence-corrected chi connectivity index (χ2v) is 3.93. The number of H-pyrrole nitrogens is 1. The van der Waals surface area contributed by atoms with Crippen LogP contribution < -0.4 is 5.32 Å². The molecule has 0 spiro atoms. The van der Waals surface area contributed by atoms with Gasteiger partial charge in [-0.05, 0) is 12.5 Å². The van der Waals surface area contributed by atoms with Gasteiger partial charge >= 0.3 is 0 Å². The highest BCUT2D eigenvalue weighted by molar-refractivity contribution is 5.81. The van der Waals surface area contributed by atoms with Crippen LogP contribution in [0.3, 0.4) is 0 Å². The smallest absolute Gasteiger partial charge is 0.169 e. The fraction of sp³-hybridized carbons (Fsp3) is 0.167. The quantitative estimate of drug-likeness (QED) is 0.722. The maximum Gasteiger partial charge on any atom is 0.169 e. The predicted molar refractivity (Wildman–Crippen MR) is 64.7 cm³/mol. The Hall–Kier alpha value is -2.30. The highest BCUT2D eigenvalue weighted by Gasteiger charge is 2.04. The van der Waals surface area contributed by atoms with Crippen LogP contribution in [0.1, 0.15) is 11.3 Å². The number of nitrogens with zero attached hydrogens (tertiary/aromatic N) is 2. The summed E-state index contributed by atoms with van der Waals surface area (Å²) >= 11 is 0. The second-order valence-electron chi connectivity index (χ2n) is 3.93. The summed E-state index contributed by atoms with van der Waals surface area (Å²) in [6.45, 7) is 2.55. The van der Waals surface area contributed by atoms with E-state index in [0.29, 0.717) is 6.54 Å². The number of anilines is 1. The lowest BCUT2D eigenvalue weighted by Crippen LogP contribution is -2.00. The second kappa shape index (κ2) is 3.93. The minimum absolute atomic E-state index is 0.686. The number of aromatic nitrogens is 3. The number of aryl methyl sites for hydroxylation is 1. The number of fused-ring (bicyclic) bond motifs is 1. The number of aromatic amines is 1. The minimum Gasteiger partial charge on any atom is -0.363 e. The molecular formula is C12H12N4O. The van der Waals surface area contributed by atoms with Crippen molar-refractivity contribution in [3.05, 3.63) is 41.8 Å². The molecule has 5 heteroatoms. The Labute approximate surface area is 97.8 Å². The number of rotatable bonds is 3. The van der Waals surface area contributed by atoms with Crippen molar-refractivity contribution in [2.24, 2.45) is 0 Å². The highest BCUT2D eigenvalue weighted by atomic mass is 16.5. The van der Waals surface area contributed by atoms with E-state index in [9.17, 15) is 0 Å².